The second-order valence-electron chi connectivity index (χ2n) is 7.52. The van der Waals surface area contributed by atoms with Crippen LogP contribution in [0.25, 0.3) is 11.4 Å². The number of carbonyl (C=O) groups is 1. The van der Waals surface area contributed by atoms with Gasteiger partial charge in [0.2, 0.25) is 21.8 Å². The van der Waals surface area contributed by atoms with Gasteiger partial charge in [-0.3, -0.25) is 4.79 Å². The number of tetrazole rings is 1. The van der Waals surface area contributed by atoms with Crippen LogP contribution in [0.3, 0.4) is 0 Å². The van der Waals surface area contributed by atoms with Crippen LogP contribution in [0.4, 0.5) is 5.69 Å². The first kappa shape index (κ1) is 22.4. The highest BCUT2D eigenvalue weighted by Crippen LogP contribution is 2.28. The zero-order valence-corrected chi connectivity index (χ0v) is 18.9. The second kappa shape index (κ2) is 9.76. The Morgan fingerprint density at radius 2 is 1.75 bits per heavy atom. The zero-order valence-electron chi connectivity index (χ0n) is 17.3. The van der Waals surface area contributed by atoms with Crippen LogP contribution in [0.5, 0.6) is 0 Å². The number of sulfonamides is 1. The summed E-state index contributed by atoms with van der Waals surface area (Å²) in [6.45, 7) is 0.794. The average Bonchev–Trinajstić information content (AvgIpc) is 3.06. The average molecular weight is 475 g/mol. The molecule has 1 N–H and O–H groups in total. The number of benzene rings is 2. The molecule has 4 rings (SSSR count). The van der Waals surface area contributed by atoms with Crippen LogP contribution in [0, 0.1) is 0 Å². The summed E-state index contributed by atoms with van der Waals surface area (Å²) in [5, 5.41) is 15.0. The molecule has 0 aliphatic carbocycles. The molecule has 1 aliphatic rings. The minimum atomic E-state index is -3.66. The Balaban J connectivity index is 1.47. The molecule has 2 heterocycles. The van der Waals surface area contributed by atoms with Crippen molar-refractivity contribution < 1.29 is 13.2 Å². The number of hydrogen-bond acceptors (Lipinski definition) is 6. The van der Waals surface area contributed by atoms with Crippen LogP contribution in [0.1, 0.15) is 25.7 Å². The van der Waals surface area contributed by atoms with Crippen LogP contribution in [0.15, 0.2) is 53.4 Å². The summed E-state index contributed by atoms with van der Waals surface area (Å²) in [5.74, 6) is -0.0461. The van der Waals surface area contributed by atoms with Crippen LogP contribution in [0.2, 0.25) is 5.02 Å². The molecule has 3 aromatic rings. The monoisotopic (exact) mass is 474 g/mol. The Morgan fingerprint density at radius 1 is 1.03 bits per heavy atom. The molecule has 0 saturated carbocycles. The lowest BCUT2D eigenvalue weighted by Crippen LogP contribution is -2.32. The highest BCUT2D eigenvalue weighted by atomic mass is 35.5. The SMILES string of the molecule is O=C(Cn1nnc(-c2ccccc2)n1)Nc1cc(S(=O)(=O)N2CCCCCC2)ccc1Cl. The lowest BCUT2D eigenvalue weighted by atomic mass is 10.2. The third-order valence-electron chi connectivity index (χ3n) is 5.18. The fourth-order valence-corrected chi connectivity index (χ4v) is 5.23. The van der Waals surface area contributed by atoms with Crippen LogP contribution >= 0.6 is 11.6 Å². The summed E-state index contributed by atoms with van der Waals surface area (Å²) >= 11 is 6.22. The van der Waals surface area contributed by atoms with E-state index < -0.39 is 15.9 Å². The number of aromatic nitrogens is 4. The predicted molar refractivity (Wildman–Crippen MR) is 121 cm³/mol. The summed E-state index contributed by atoms with van der Waals surface area (Å²) in [7, 11) is -3.66. The number of nitrogens with one attached hydrogen (secondary N) is 1. The maximum Gasteiger partial charge on any atom is 0.248 e. The van der Waals surface area contributed by atoms with Gasteiger partial charge in [-0.25, -0.2) is 8.42 Å². The van der Waals surface area contributed by atoms with Crippen molar-refractivity contribution in [2.75, 3.05) is 18.4 Å². The van der Waals surface area contributed by atoms with Crippen LogP contribution < -0.4 is 5.32 Å². The highest BCUT2D eigenvalue weighted by Gasteiger charge is 2.26. The molecule has 0 atom stereocenters. The Labute approximate surface area is 191 Å². The van der Waals surface area contributed by atoms with Crippen molar-refractivity contribution >= 4 is 33.2 Å². The fourth-order valence-electron chi connectivity index (χ4n) is 3.52. The van der Waals surface area contributed by atoms with E-state index in [1.54, 1.807) is 0 Å². The Bertz CT molecular complexity index is 1190. The van der Waals surface area contributed by atoms with Crippen LogP contribution in [-0.4, -0.2) is 51.9 Å². The van der Waals surface area contributed by atoms with Crippen molar-refractivity contribution in [3.8, 4) is 11.4 Å². The standard InChI is InChI=1S/C21H23ClN6O3S/c22-18-11-10-17(32(30,31)27-12-6-1-2-7-13-27)14-19(18)23-20(29)15-28-25-21(24-26-28)16-8-4-3-5-9-16/h3-5,8-11,14H,1-2,6-7,12-13,15H2,(H,23,29). The molecule has 0 unspecified atom stereocenters. The second-order valence-corrected chi connectivity index (χ2v) is 9.86. The van der Waals surface area contributed by atoms with Crippen molar-refractivity contribution in [3.05, 3.63) is 53.6 Å². The first-order valence-electron chi connectivity index (χ1n) is 10.4. The van der Waals surface area contributed by atoms with Crippen molar-refractivity contribution in [1.82, 2.24) is 24.5 Å². The van der Waals surface area contributed by atoms with E-state index >= 15 is 0 Å². The minimum absolute atomic E-state index is 0.101. The fraction of sp³-hybridized carbons (Fsp3) is 0.333. The number of nitrogens with zero attached hydrogens (tertiary/aromatic N) is 5. The molecular formula is C21H23ClN6O3S. The zero-order chi connectivity index (χ0) is 22.6. The molecule has 32 heavy (non-hydrogen) atoms. The van der Waals surface area contributed by atoms with Gasteiger partial charge in [-0.2, -0.15) is 9.10 Å². The number of hydrogen-bond donors (Lipinski definition) is 1. The summed E-state index contributed by atoms with van der Waals surface area (Å²) < 4.78 is 27.6. The maximum absolute atomic E-state index is 13.1. The number of amides is 1. The molecule has 2 aromatic carbocycles. The Kier molecular flexibility index (Phi) is 6.83. The van der Waals surface area contributed by atoms with Gasteiger partial charge in [-0.05, 0) is 36.3 Å². The van der Waals surface area contributed by atoms with E-state index in [9.17, 15) is 13.2 Å². The van der Waals surface area contributed by atoms with E-state index in [4.69, 9.17) is 11.6 Å². The van der Waals surface area contributed by atoms with Crippen molar-refractivity contribution in [3.63, 3.8) is 0 Å². The van der Waals surface area contributed by atoms with Gasteiger partial charge in [0.05, 0.1) is 15.6 Å². The van der Waals surface area contributed by atoms with Crippen LogP contribution in [-0.2, 0) is 21.4 Å². The van der Waals surface area contributed by atoms with E-state index in [-0.39, 0.29) is 22.2 Å². The Morgan fingerprint density at radius 3 is 2.47 bits per heavy atom. The number of rotatable bonds is 6. The number of carbonyl (C=O) groups excluding carboxylic acids is 1. The number of halogens is 1. The molecule has 1 fully saturated rings. The normalized spacial score (nSPS) is 15.3. The molecule has 1 amide bonds. The van der Waals surface area contributed by atoms with Gasteiger partial charge in [-0.15, -0.1) is 10.2 Å². The first-order chi connectivity index (χ1) is 15.4. The van der Waals surface area contributed by atoms with E-state index in [0.717, 1.165) is 31.2 Å². The van der Waals surface area contributed by atoms with Crippen molar-refractivity contribution in [2.24, 2.45) is 0 Å². The molecule has 1 saturated heterocycles. The summed E-state index contributed by atoms with van der Waals surface area (Å²) in [5.41, 5.74) is 1.00. The van der Waals surface area contributed by atoms with Gasteiger partial charge in [0.25, 0.3) is 0 Å². The van der Waals surface area contributed by atoms with Crippen molar-refractivity contribution in [1.29, 1.82) is 0 Å². The molecule has 168 valence electrons. The molecule has 11 heteroatoms. The van der Waals surface area contributed by atoms with E-state index in [0.29, 0.717) is 18.9 Å². The molecule has 0 spiro atoms. The van der Waals surface area contributed by atoms with E-state index in [1.807, 2.05) is 30.3 Å². The largest absolute Gasteiger partial charge is 0.323 e. The van der Waals surface area contributed by atoms with Gasteiger partial charge in [0.1, 0.15) is 6.54 Å². The van der Waals surface area contributed by atoms with Gasteiger partial charge in [-0.1, -0.05) is 54.8 Å². The van der Waals surface area contributed by atoms with E-state index in [1.165, 1.54) is 27.3 Å². The number of anilines is 1. The highest BCUT2D eigenvalue weighted by molar-refractivity contribution is 7.89. The summed E-state index contributed by atoms with van der Waals surface area (Å²) in [6.07, 6.45) is 3.73. The maximum atomic E-state index is 13.1. The smallest absolute Gasteiger partial charge is 0.248 e. The third kappa shape index (κ3) is 5.14. The quantitative estimate of drug-likeness (QED) is 0.587. The summed E-state index contributed by atoms with van der Waals surface area (Å²) in [6, 6.07) is 13.6. The third-order valence-corrected chi connectivity index (χ3v) is 7.41. The lowest BCUT2D eigenvalue weighted by Gasteiger charge is -2.20. The summed E-state index contributed by atoms with van der Waals surface area (Å²) in [4.78, 5) is 13.8. The first-order valence-corrected chi connectivity index (χ1v) is 12.2. The predicted octanol–water partition coefficient (Wildman–Crippen LogP) is 3.20. The Hall–Kier alpha value is -2.82. The molecule has 1 aromatic heterocycles. The molecule has 0 radical (unpaired) electrons. The lowest BCUT2D eigenvalue weighted by molar-refractivity contribution is -0.117. The molecule has 9 nitrogen and oxygen atoms in total. The molecule has 0 bridgehead atoms. The molecular weight excluding hydrogens is 452 g/mol. The van der Waals surface area contributed by atoms with Gasteiger partial charge in [0.15, 0.2) is 0 Å². The van der Waals surface area contributed by atoms with E-state index in [2.05, 4.69) is 20.7 Å². The van der Waals surface area contributed by atoms with Crippen molar-refractivity contribution in [2.45, 2.75) is 37.1 Å². The van der Waals surface area contributed by atoms with Gasteiger partial charge < -0.3 is 5.32 Å². The minimum Gasteiger partial charge on any atom is -0.323 e. The van der Waals surface area contributed by atoms with Gasteiger partial charge in [0, 0.05) is 18.7 Å². The topological polar surface area (TPSA) is 110 Å². The van der Waals surface area contributed by atoms with Gasteiger partial charge >= 0.3 is 0 Å². The molecule has 1 aliphatic heterocycles.